The highest BCUT2D eigenvalue weighted by atomic mass is 32.2. The number of amides is 3. The number of ether oxygens (including phenoxy) is 1. The number of imide groups is 1. The molecule has 0 radical (unpaired) electrons. The molecule has 0 aliphatic rings. The molecule has 8 nitrogen and oxygen atoms in total. The van der Waals surface area contributed by atoms with Gasteiger partial charge in [0.1, 0.15) is 13.2 Å². The zero-order valence-electron chi connectivity index (χ0n) is 10.8. The average Bonchev–Trinajstić information content (AvgIpc) is 2.27. The van der Waals surface area contributed by atoms with E-state index in [0.717, 1.165) is 0 Å². The Labute approximate surface area is 113 Å². The van der Waals surface area contributed by atoms with Crippen molar-refractivity contribution in [1.82, 2.24) is 10.6 Å². The van der Waals surface area contributed by atoms with Crippen molar-refractivity contribution in [1.29, 1.82) is 0 Å². The molecule has 0 rings (SSSR count). The molecule has 0 aliphatic carbocycles. The van der Waals surface area contributed by atoms with E-state index < -0.39 is 41.9 Å². The normalized spacial score (nSPS) is 13.4. The van der Waals surface area contributed by atoms with Crippen LogP contribution in [-0.4, -0.2) is 58.5 Å². The number of carboxylic acids is 1. The summed E-state index contributed by atoms with van der Waals surface area (Å²) in [7, 11) is -0.959. The van der Waals surface area contributed by atoms with E-state index >= 15 is 0 Å². The van der Waals surface area contributed by atoms with Crippen LogP contribution in [0.3, 0.4) is 0 Å². The molecule has 0 saturated heterocycles. The summed E-state index contributed by atoms with van der Waals surface area (Å²) in [5, 5.41) is 12.6. The third kappa shape index (κ3) is 10.2. The van der Waals surface area contributed by atoms with E-state index in [9.17, 15) is 18.6 Å². The molecule has 19 heavy (non-hydrogen) atoms. The minimum absolute atomic E-state index is 0.0464. The first-order chi connectivity index (χ1) is 8.82. The molecule has 0 heterocycles. The number of aliphatic carboxylic acids is 1. The van der Waals surface area contributed by atoms with E-state index in [2.05, 4.69) is 10.1 Å². The molecule has 0 aromatic rings. The lowest BCUT2D eigenvalue weighted by molar-refractivity contribution is -0.143. The molecule has 9 heteroatoms. The van der Waals surface area contributed by atoms with Crippen LogP contribution in [0.1, 0.15) is 13.3 Å². The van der Waals surface area contributed by atoms with Gasteiger partial charge in [-0.05, 0) is 6.42 Å². The summed E-state index contributed by atoms with van der Waals surface area (Å²) in [5.41, 5.74) is 0. The van der Waals surface area contributed by atoms with E-state index in [0.29, 0.717) is 6.42 Å². The second-order valence-corrected chi connectivity index (χ2v) is 5.59. The highest BCUT2D eigenvalue weighted by Gasteiger charge is 2.10. The fraction of sp³-hybridized carbons (Fsp3) is 0.700. The Morgan fingerprint density at radius 2 is 1.95 bits per heavy atom. The van der Waals surface area contributed by atoms with Gasteiger partial charge < -0.3 is 15.2 Å². The predicted molar refractivity (Wildman–Crippen MR) is 68.1 cm³/mol. The lowest BCUT2D eigenvalue weighted by atomic mass is 10.3. The Morgan fingerprint density at radius 1 is 1.32 bits per heavy atom. The topological polar surface area (TPSA) is 122 Å². The largest absolute Gasteiger partial charge is 0.480 e. The minimum Gasteiger partial charge on any atom is -0.480 e. The fourth-order valence-corrected chi connectivity index (χ4v) is 1.44. The third-order valence-electron chi connectivity index (χ3n) is 2.11. The van der Waals surface area contributed by atoms with Crippen molar-refractivity contribution >= 4 is 28.7 Å². The van der Waals surface area contributed by atoms with Crippen LogP contribution >= 0.6 is 0 Å². The number of carbonyl (C=O) groups excluding carboxylic acids is 2. The van der Waals surface area contributed by atoms with Gasteiger partial charge in [0.2, 0.25) is 0 Å². The highest BCUT2D eigenvalue weighted by molar-refractivity contribution is 7.84. The van der Waals surface area contributed by atoms with Crippen LogP contribution in [0.2, 0.25) is 0 Å². The molecule has 3 N–H and O–H groups in total. The molecule has 0 fully saturated rings. The van der Waals surface area contributed by atoms with Crippen LogP contribution in [0, 0.1) is 0 Å². The van der Waals surface area contributed by atoms with Gasteiger partial charge in [0.05, 0.1) is 0 Å². The first-order valence-electron chi connectivity index (χ1n) is 5.52. The second kappa shape index (κ2) is 9.45. The van der Waals surface area contributed by atoms with Crippen molar-refractivity contribution in [2.75, 3.05) is 26.0 Å². The van der Waals surface area contributed by atoms with Gasteiger partial charge in [0.25, 0.3) is 5.91 Å². The fourth-order valence-electron chi connectivity index (χ4n) is 0.993. The van der Waals surface area contributed by atoms with Gasteiger partial charge in [-0.3, -0.25) is 14.3 Å². The Kier molecular flexibility index (Phi) is 8.71. The second-order valence-electron chi connectivity index (χ2n) is 3.79. The monoisotopic (exact) mass is 294 g/mol. The van der Waals surface area contributed by atoms with Crippen molar-refractivity contribution in [2.45, 2.75) is 18.6 Å². The van der Waals surface area contributed by atoms with Crippen molar-refractivity contribution in [3.63, 3.8) is 0 Å². The van der Waals surface area contributed by atoms with Gasteiger partial charge in [-0.25, -0.2) is 9.59 Å². The predicted octanol–water partition coefficient (Wildman–Crippen LogP) is -0.929. The quantitative estimate of drug-likeness (QED) is 0.531. The number of carbonyl (C=O) groups is 3. The van der Waals surface area contributed by atoms with E-state index in [-0.39, 0.29) is 11.8 Å². The molecule has 0 bridgehead atoms. The third-order valence-corrected chi connectivity index (χ3v) is 3.48. The SMILES string of the molecule is CC(CCNC(=O)NC(=O)COCC(=O)O)S(C)=O. The molecule has 0 aromatic heterocycles. The summed E-state index contributed by atoms with van der Waals surface area (Å²) in [6.45, 7) is 0.973. The maximum atomic E-state index is 11.2. The standard InChI is InChI=1S/C10H18N2O6S/c1-7(19(2)17)3-4-11-10(16)12-8(13)5-18-6-9(14)15/h7H,3-6H2,1-2H3,(H,14,15)(H2,11,12,13,16). The van der Waals surface area contributed by atoms with Crippen LogP contribution in [0.25, 0.3) is 0 Å². The Balaban J connectivity index is 3.71. The summed E-state index contributed by atoms with van der Waals surface area (Å²) in [5.74, 6) is -1.93. The molecule has 2 unspecified atom stereocenters. The van der Waals surface area contributed by atoms with Crippen LogP contribution in [0.5, 0.6) is 0 Å². The maximum absolute atomic E-state index is 11.2. The number of carboxylic acid groups (broad SMARTS) is 1. The Hall–Kier alpha value is -1.48. The first-order valence-corrected chi connectivity index (χ1v) is 7.14. The van der Waals surface area contributed by atoms with Crippen molar-refractivity contribution < 1.29 is 28.4 Å². The van der Waals surface area contributed by atoms with E-state index in [4.69, 9.17) is 5.11 Å². The van der Waals surface area contributed by atoms with Crippen LogP contribution in [-0.2, 0) is 25.1 Å². The molecular weight excluding hydrogens is 276 g/mol. The summed E-state index contributed by atoms with van der Waals surface area (Å²) in [4.78, 5) is 32.4. The van der Waals surface area contributed by atoms with Gasteiger partial charge in [-0.15, -0.1) is 0 Å². The number of hydrogen-bond acceptors (Lipinski definition) is 5. The van der Waals surface area contributed by atoms with Crippen molar-refractivity contribution in [2.24, 2.45) is 0 Å². The number of hydrogen-bond donors (Lipinski definition) is 3. The Morgan fingerprint density at radius 3 is 2.47 bits per heavy atom. The first kappa shape index (κ1) is 17.5. The van der Waals surface area contributed by atoms with Crippen LogP contribution in [0.15, 0.2) is 0 Å². The van der Waals surface area contributed by atoms with Crippen molar-refractivity contribution in [3.05, 3.63) is 0 Å². The number of urea groups is 1. The molecule has 0 spiro atoms. The average molecular weight is 294 g/mol. The summed E-state index contributed by atoms with van der Waals surface area (Å²) in [6, 6.07) is -0.696. The molecule has 110 valence electrons. The van der Waals surface area contributed by atoms with E-state index in [1.54, 1.807) is 13.2 Å². The zero-order valence-corrected chi connectivity index (χ0v) is 11.6. The molecule has 2 atom stereocenters. The van der Waals surface area contributed by atoms with Gasteiger partial charge in [-0.2, -0.15) is 0 Å². The molecular formula is C10H18N2O6S. The van der Waals surface area contributed by atoms with Crippen molar-refractivity contribution in [3.8, 4) is 0 Å². The van der Waals surface area contributed by atoms with E-state index in [1.165, 1.54) is 0 Å². The van der Waals surface area contributed by atoms with Crippen LogP contribution < -0.4 is 10.6 Å². The Bertz CT molecular complexity index is 360. The smallest absolute Gasteiger partial charge is 0.329 e. The molecule has 0 aliphatic heterocycles. The van der Waals surface area contributed by atoms with Gasteiger partial charge in [0, 0.05) is 28.9 Å². The lowest BCUT2D eigenvalue weighted by Gasteiger charge is -2.09. The van der Waals surface area contributed by atoms with Crippen LogP contribution in [0.4, 0.5) is 4.79 Å². The van der Waals surface area contributed by atoms with Gasteiger partial charge in [0.15, 0.2) is 0 Å². The molecule has 0 saturated carbocycles. The summed E-state index contributed by atoms with van der Waals surface area (Å²) < 4.78 is 15.5. The molecule has 3 amide bonds. The van der Waals surface area contributed by atoms with E-state index in [1.807, 2.05) is 5.32 Å². The number of rotatable bonds is 8. The molecule has 0 aromatic carbocycles. The summed E-state index contributed by atoms with van der Waals surface area (Å²) in [6.07, 6.45) is 2.11. The van der Waals surface area contributed by atoms with Gasteiger partial charge >= 0.3 is 12.0 Å². The summed E-state index contributed by atoms with van der Waals surface area (Å²) >= 11 is 0. The maximum Gasteiger partial charge on any atom is 0.329 e. The number of nitrogens with one attached hydrogen (secondary N) is 2. The zero-order chi connectivity index (χ0) is 14.8. The van der Waals surface area contributed by atoms with Gasteiger partial charge in [-0.1, -0.05) is 6.92 Å². The lowest BCUT2D eigenvalue weighted by Crippen LogP contribution is -2.42. The minimum atomic E-state index is -1.20. The highest BCUT2D eigenvalue weighted by Crippen LogP contribution is 1.96.